The van der Waals surface area contributed by atoms with Gasteiger partial charge in [-0.1, -0.05) is 23.2 Å². The number of nitrogens with zero attached hydrogens (tertiary/aromatic N) is 1. The molecule has 1 amide bonds. The number of rotatable bonds is 5. The highest BCUT2D eigenvalue weighted by Crippen LogP contribution is 2.26. The van der Waals surface area contributed by atoms with Crippen LogP contribution in [0.3, 0.4) is 0 Å². The van der Waals surface area contributed by atoms with Gasteiger partial charge in [0.05, 0.1) is 30.2 Å². The van der Waals surface area contributed by atoms with Crippen molar-refractivity contribution in [2.45, 2.75) is 12.1 Å². The van der Waals surface area contributed by atoms with Crippen molar-refractivity contribution < 1.29 is 18.3 Å². The number of aliphatic hydroxyl groups is 1. The maximum absolute atomic E-state index is 12.6. The van der Waals surface area contributed by atoms with Gasteiger partial charge in [-0.05, 0) is 42.5 Å². The molecule has 0 radical (unpaired) electrons. The molecule has 1 heterocycles. The van der Waals surface area contributed by atoms with Crippen LogP contribution in [0.4, 0.5) is 17.1 Å². The van der Waals surface area contributed by atoms with Gasteiger partial charge < -0.3 is 21.1 Å². The van der Waals surface area contributed by atoms with Gasteiger partial charge in [0, 0.05) is 27.1 Å². The second-order valence-electron chi connectivity index (χ2n) is 6.64. The molecule has 0 aromatic heterocycles. The lowest BCUT2D eigenvalue weighted by atomic mass is 10.1. The number of anilines is 3. The summed E-state index contributed by atoms with van der Waals surface area (Å²) < 4.78 is 23.9. The molecule has 0 saturated carbocycles. The van der Waals surface area contributed by atoms with Gasteiger partial charge in [-0.25, -0.2) is 8.42 Å². The van der Waals surface area contributed by atoms with Crippen LogP contribution in [0.1, 0.15) is 0 Å². The molecule has 2 unspecified atom stereocenters. The van der Waals surface area contributed by atoms with E-state index in [0.29, 0.717) is 27.1 Å². The predicted octanol–water partition coefficient (Wildman–Crippen LogP) is 2.18. The Morgan fingerprint density at radius 1 is 1.14 bits per heavy atom. The number of hydrogen-bond acceptors (Lipinski definition) is 6. The normalized spacial score (nSPS) is 20.7. The monoisotopic (exact) mass is 443 g/mol. The summed E-state index contributed by atoms with van der Waals surface area (Å²) in [6.45, 7) is -0.175. The summed E-state index contributed by atoms with van der Waals surface area (Å²) in [5.74, 6) is -0.990. The van der Waals surface area contributed by atoms with Crippen molar-refractivity contribution in [3.8, 4) is 0 Å². The molecule has 10 heteroatoms. The number of carbonyl (C=O) groups excluding carboxylic acids is 1. The smallest absolute Gasteiger partial charge is 0.243 e. The minimum Gasteiger partial charge on any atom is -0.399 e. The lowest BCUT2D eigenvalue weighted by molar-refractivity contribution is -0.115. The van der Waals surface area contributed by atoms with E-state index in [1.54, 1.807) is 47.4 Å². The summed E-state index contributed by atoms with van der Waals surface area (Å²) in [5.41, 5.74) is 7.24. The maximum Gasteiger partial charge on any atom is 0.243 e. The zero-order valence-electron chi connectivity index (χ0n) is 14.7. The van der Waals surface area contributed by atoms with E-state index in [-0.39, 0.29) is 18.1 Å². The van der Waals surface area contributed by atoms with Gasteiger partial charge in [0.1, 0.15) is 0 Å². The zero-order chi connectivity index (χ0) is 20.5. The molecule has 3 rings (SSSR count). The fraction of sp³-hybridized carbons (Fsp3) is 0.278. The van der Waals surface area contributed by atoms with Crippen molar-refractivity contribution in [2.24, 2.45) is 0 Å². The van der Waals surface area contributed by atoms with Crippen molar-refractivity contribution in [2.75, 3.05) is 34.0 Å². The maximum atomic E-state index is 12.6. The summed E-state index contributed by atoms with van der Waals surface area (Å²) in [5, 5.41) is 13.7. The summed E-state index contributed by atoms with van der Waals surface area (Å²) in [4.78, 5) is 14.2. The highest BCUT2D eigenvalue weighted by atomic mass is 35.5. The number of benzene rings is 2. The van der Waals surface area contributed by atoms with Crippen LogP contribution in [-0.2, 0) is 14.6 Å². The largest absolute Gasteiger partial charge is 0.399 e. The zero-order valence-corrected chi connectivity index (χ0v) is 17.0. The van der Waals surface area contributed by atoms with Gasteiger partial charge in [-0.3, -0.25) is 4.79 Å². The average Bonchev–Trinajstić information content (AvgIpc) is 2.85. The molecule has 1 aliphatic rings. The lowest BCUT2D eigenvalue weighted by Crippen LogP contribution is -2.47. The fourth-order valence-corrected chi connectivity index (χ4v) is 5.48. The first-order valence-corrected chi connectivity index (χ1v) is 11.0. The third-order valence-electron chi connectivity index (χ3n) is 4.38. The van der Waals surface area contributed by atoms with Crippen molar-refractivity contribution >= 4 is 56.0 Å². The highest BCUT2D eigenvalue weighted by molar-refractivity contribution is 7.91. The number of carbonyl (C=O) groups is 1. The standard InChI is InChI=1S/C18H19Cl2N3O4S/c19-11-5-12(20)7-14(6-11)22-18(25)8-23(15-3-1-13(21)2-4-15)16-9-28(26,27)10-17(16)24/h1-7,16-17,24H,8-10,21H2,(H,22,25). The molecule has 0 spiro atoms. The van der Waals surface area contributed by atoms with E-state index in [1.807, 2.05) is 0 Å². The molecule has 4 N–H and O–H groups in total. The number of nitrogens with one attached hydrogen (secondary N) is 1. The van der Waals surface area contributed by atoms with Gasteiger partial charge in [0.25, 0.3) is 0 Å². The molecule has 7 nitrogen and oxygen atoms in total. The topological polar surface area (TPSA) is 113 Å². The first-order chi connectivity index (χ1) is 13.1. The van der Waals surface area contributed by atoms with E-state index in [1.165, 1.54) is 0 Å². The SMILES string of the molecule is Nc1ccc(N(CC(=O)Nc2cc(Cl)cc(Cl)c2)C2CS(=O)(=O)CC2O)cc1. The number of nitrogens with two attached hydrogens (primary N) is 1. The van der Waals surface area contributed by atoms with Crippen LogP contribution in [0, 0.1) is 0 Å². The van der Waals surface area contributed by atoms with Gasteiger partial charge in [0.2, 0.25) is 5.91 Å². The van der Waals surface area contributed by atoms with Gasteiger partial charge in [-0.15, -0.1) is 0 Å². The van der Waals surface area contributed by atoms with Crippen LogP contribution in [0.2, 0.25) is 10.0 Å². The lowest BCUT2D eigenvalue weighted by Gasteiger charge is -2.31. The second kappa shape index (κ2) is 8.16. The summed E-state index contributed by atoms with van der Waals surface area (Å²) in [6.07, 6.45) is -1.10. The van der Waals surface area contributed by atoms with E-state index in [0.717, 1.165) is 0 Å². The van der Waals surface area contributed by atoms with Crippen LogP contribution < -0.4 is 16.0 Å². The Kier molecular flexibility index (Phi) is 6.04. The van der Waals surface area contributed by atoms with Crippen LogP contribution in [0.25, 0.3) is 0 Å². The molecule has 2 aromatic carbocycles. The molecule has 2 aromatic rings. The molecular formula is C18H19Cl2N3O4S. The van der Waals surface area contributed by atoms with Crippen LogP contribution in [-0.4, -0.2) is 49.6 Å². The van der Waals surface area contributed by atoms with E-state index in [4.69, 9.17) is 28.9 Å². The molecule has 0 aliphatic carbocycles. The third-order valence-corrected chi connectivity index (χ3v) is 6.51. The Bertz CT molecular complexity index is 963. The molecule has 1 aliphatic heterocycles. The van der Waals surface area contributed by atoms with Gasteiger partial charge >= 0.3 is 0 Å². The van der Waals surface area contributed by atoms with Crippen molar-refractivity contribution in [1.29, 1.82) is 0 Å². The quantitative estimate of drug-likeness (QED) is 0.610. The molecule has 1 fully saturated rings. The van der Waals surface area contributed by atoms with Gasteiger partial charge in [-0.2, -0.15) is 0 Å². The minimum absolute atomic E-state index is 0.175. The number of hydrogen-bond donors (Lipinski definition) is 3. The predicted molar refractivity (Wildman–Crippen MR) is 112 cm³/mol. The number of aliphatic hydroxyl groups excluding tert-OH is 1. The van der Waals surface area contributed by atoms with E-state index >= 15 is 0 Å². The minimum atomic E-state index is -3.39. The summed E-state index contributed by atoms with van der Waals surface area (Å²) in [6, 6.07) is 10.5. The van der Waals surface area contributed by atoms with Crippen molar-refractivity contribution in [3.63, 3.8) is 0 Å². The number of amides is 1. The third kappa shape index (κ3) is 5.08. The molecule has 150 valence electrons. The van der Waals surface area contributed by atoms with Crippen molar-refractivity contribution in [1.82, 2.24) is 0 Å². The number of nitrogen functional groups attached to an aromatic ring is 1. The Morgan fingerprint density at radius 2 is 1.75 bits per heavy atom. The highest BCUT2D eigenvalue weighted by Gasteiger charge is 2.40. The van der Waals surface area contributed by atoms with Crippen LogP contribution >= 0.6 is 23.2 Å². The van der Waals surface area contributed by atoms with E-state index in [9.17, 15) is 18.3 Å². The van der Waals surface area contributed by atoms with Crippen LogP contribution in [0.5, 0.6) is 0 Å². The van der Waals surface area contributed by atoms with E-state index < -0.39 is 27.9 Å². The second-order valence-corrected chi connectivity index (χ2v) is 9.66. The van der Waals surface area contributed by atoms with Crippen LogP contribution in [0.15, 0.2) is 42.5 Å². The molecule has 1 saturated heterocycles. The van der Waals surface area contributed by atoms with Crippen molar-refractivity contribution in [3.05, 3.63) is 52.5 Å². The Hall–Kier alpha value is -2.00. The molecule has 28 heavy (non-hydrogen) atoms. The average molecular weight is 444 g/mol. The molecule has 2 atom stereocenters. The first-order valence-electron chi connectivity index (χ1n) is 8.39. The Morgan fingerprint density at radius 3 is 2.29 bits per heavy atom. The van der Waals surface area contributed by atoms with Gasteiger partial charge in [0.15, 0.2) is 9.84 Å². The summed E-state index contributed by atoms with van der Waals surface area (Å²) in [7, 11) is -3.39. The number of halogens is 2. The number of sulfone groups is 1. The first kappa shape index (κ1) is 20.7. The summed E-state index contributed by atoms with van der Waals surface area (Å²) >= 11 is 11.9. The fourth-order valence-electron chi connectivity index (χ4n) is 3.16. The molecular weight excluding hydrogens is 425 g/mol. The Balaban J connectivity index is 1.84. The molecule has 0 bridgehead atoms. The Labute approximate surface area is 173 Å². The van der Waals surface area contributed by atoms with E-state index in [2.05, 4.69) is 5.32 Å².